The molecule has 15 heavy (non-hydrogen) atoms. The molecule has 0 unspecified atom stereocenters. The molecular formula is C8H20N4O2S. The second-order valence-corrected chi connectivity index (χ2v) is 5.46. The summed E-state index contributed by atoms with van der Waals surface area (Å²) >= 11 is 0. The van der Waals surface area contributed by atoms with Crippen molar-refractivity contribution in [2.24, 2.45) is 0 Å². The Balaban J connectivity index is 2.40. The fourth-order valence-electron chi connectivity index (χ4n) is 1.42. The first-order chi connectivity index (χ1) is 7.06. The van der Waals surface area contributed by atoms with Gasteiger partial charge in [0.1, 0.15) is 0 Å². The molecule has 0 radical (unpaired) electrons. The standard InChI is InChI=1S/C8H20N4O2S/c1-9-3-4-10-15(13,14)12-7-5-11(2)6-8-12/h9-10H,3-8H2,1-2H3. The normalized spacial score (nSPS) is 20.7. The SMILES string of the molecule is CNCCNS(=O)(=O)N1CCN(C)CC1. The van der Waals surface area contributed by atoms with Crippen LogP contribution >= 0.6 is 0 Å². The Morgan fingerprint density at radius 2 is 1.73 bits per heavy atom. The lowest BCUT2D eigenvalue weighted by molar-refractivity contribution is 0.221. The highest BCUT2D eigenvalue weighted by molar-refractivity contribution is 7.87. The summed E-state index contributed by atoms with van der Waals surface area (Å²) in [6.07, 6.45) is 0. The Kier molecular flexibility index (Phi) is 4.94. The zero-order valence-electron chi connectivity index (χ0n) is 9.36. The van der Waals surface area contributed by atoms with E-state index in [4.69, 9.17) is 0 Å². The summed E-state index contributed by atoms with van der Waals surface area (Å²) in [5.74, 6) is 0. The number of hydrogen-bond donors (Lipinski definition) is 2. The molecule has 1 heterocycles. The van der Waals surface area contributed by atoms with E-state index in [-0.39, 0.29) is 0 Å². The third-order valence-electron chi connectivity index (χ3n) is 2.46. The summed E-state index contributed by atoms with van der Waals surface area (Å²) in [5.41, 5.74) is 0. The van der Waals surface area contributed by atoms with Crippen LogP contribution in [0.4, 0.5) is 0 Å². The van der Waals surface area contributed by atoms with E-state index in [2.05, 4.69) is 14.9 Å². The first kappa shape index (κ1) is 12.9. The molecule has 7 heteroatoms. The molecule has 0 aromatic rings. The zero-order chi connectivity index (χ0) is 11.3. The monoisotopic (exact) mass is 236 g/mol. The van der Waals surface area contributed by atoms with E-state index in [0.29, 0.717) is 26.2 Å². The maximum Gasteiger partial charge on any atom is 0.279 e. The van der Waals surface area contributed by atoms with Gasteiger partial charge in [-0.05, 0) is 14.1 Å². The van der Waals surface area contributed by atoms with Crippen molar-refractivity contribution < 1.29 is 8.42 Å². The van der Waals surface area contributed by atoms with Gasteiger partial charge in [-0.3, -0.25) is 0 Å². The largest absolute Gasteiger partial charge is 0.318 e. The minimum absolute atomic E-state index is 0.436. The molecule has 0 atom stereocenters. The predicted octanol–water partition coefficient (Wildman–Crippen LogP) is -1.71. The van der Waals surface area contributed by atoms with Crippen molar-refractivity contribution in [3.8, 4) is 0 Å². The first-order valence-corrected chi connectivity index (χ1v) is 6.58. The smallest absolute Gasteiger partial charge is 0.279 e. The van der Waals surface area contributed by atoms with Crippen molar-refractivity contribution in [1.29, 1.82) is 0 Å². The molecule has 6 nitrogen and oxygen atoms in total. The van der Waals surface area contributed by atoms with Crippen LogP contribution in [0.25, 0.3) is 0 Å². The number of nitrogens with zero attached hydrogens (tertiary/aromatic N) is 2. The van der Waals surface area contributed by atoms with Gasteiger partial charge in [0.25, 0.3) is 10.2 Å². The molecule has 0 amide bonds. The molecule has 0 aromatic carbocycles. The van der Waals surface area contributed by atoms with Crippen LogP contribution in [0.15, 0.2) is 0 Å². The fourth-order valence-corrected chi connectivity index (χ4v) is 2.61. The van der Waals surface area contributed by atoms with Gasteiger partial charge < -0.3 is 10.2 Å². The molecule has 0 aliphatic carbocycles. The van der Waals surface area contributed by atoms with Gasteiger partial charge in [-0.15, -0.1) is 0 Å². The van der Waals surface area contributed by atoms with Crippen LogP contribution in [-0.2, 0) is 10.2 Å². The number of likely N-dealkylation sites (N-methyl/N-ethyl adjacent to an activating group) is 2. The minimum atomic E-state index is -3.26. The molecule has 1 saturated heterocycles. The second-order valence-electron chi connectivity index (χ2n) is 3.71. The highest BCUT2D eigenvalue weighted by atomic mass is 32.2. The Morgan fingerprint density at radius 3 is 2.27 bits per heavy atom. The number of hydrogen-bond acceptors (Lipinski definition) is 4. The van der Waals surface area contributed by atoms with E-state index in [1.54, 1.807) is 7.05 Å². The van der Waals surface area contributed by atoms with E-state index < -0.39 is 10.2 Å². The number of rotatable bonds is 5. The lowest BCUT2D eigenvalue weighted by Crippen LogP contribution is -2.51. The van der Waals surface area contributed by atoms with Gasteiger partial charge >= 0.3 is 0 Å². The van der Waals surface area contributed by atoms with Gasteiger partial charge in [-0.1, -0.05) is 0 Å². The second kappa shape index (κ2) is 5.76. The van der Waals surface area contributed by atoms with Crippen LogP contribution in [0.2, 0.25) is 0 Å². The summed E-state index contributed by atoms with van der Waals surface area (Å²) in [5, 5.41) is 2.90. The van der Waals surface area contributed by atoms with E-state index in [1.807, 2.05) is 7.05 Å². The van der Waals surface area contributed by atoms with Crippen LogP contribution in [0, 0.1) is 0 Å². The van der Waals surface area contributed by atoms with Crippen molar-refractivity contribution in [3.05, 3.63) is 0 Å². The summed E-state index contributed by atoms with van der Waals surface area (Å²) in [4.78, 5) is 2.12. The van der Waals surface area contributed by atoms with Crippen LogP contribution in [0.3, 0.4) is 0 Å². The van der Waals surface area contributed by atoms with Crippen molar-refractivity contribution in [2.75, 3.05) is 53.4 Å². The fraction of sp³-hybridized carbons (Fsp3) is 1.00. The zero-order valence-corrected chi connectivity index (χ0v) is 10.2. The molecule has 1 aliphatic rings. The molecule has 0 bridgehead atoms. The van der Waals surface area contributed by atoms with Crippen LogP contribution < -0.4 is 10.0 Å². The van der Waals surface area contributed by atoms with E-state index in [1.165, 1.54) is 4.31 Å². The minimum Gasteiger partial charge on any atom is -0.318 e. The molecule has 1 rings (SSSR count). The number of piperazine rings is 1. The molecule has 1 aliphatic heterocycles. The molecule has 0 aromatic heterocycles. The Bertz CT molecular complexity index is 272. The molecule has 0 spiro atoms. The highest BCUT2D eigenvalue weighted by Crippen LogP contribution is 2.03. The third-order valence-corrected chi connectivity index (χ3v) is 4.08. The summed E-state index contributed by atoms with van der Waals surface area (Å²) in [7, 11) is 0.532. The summed E-state index contributed by atoms with van der Waals surface area (Å²) < 4.78 is 27.5. The average molecular weight is 236 g/mol. The van der Waals surface area contributed by atoms with Crippen molar-refractivity contribution in [3.63, 3.8) is 0 Å². The van der Waals surface area contributed by atoms with E-state index >= 15 is 0 Å². The molecule has 90 valence electrons. The van der Waals surface area contributed by atoms with Gasteiger partial charge in [-0.2, -0.15) is 12.7 Å². The van der Waals surface area contributed by atoms with E-state index in [0.717, 1.165) is 13.1 Å². The van der Waals surface area contributed by atoms with E-state index in [9.17, 15) is 8.42 Å². The molecule has 1 fully saturated rings. The lowest BCUT2D eigenvalue weighted by atomic mass is 10.4. The predicted molar refractivity (Wildman–Crippen MR) is 59.9 cm³/mol. The quantitative estimate of drug-likeness (QED) is 0.558. The molecular weight excluding hydrogens is 216 g/mol. The van der Waals surface area contributed by atoms with Gasteiger partial charge in [0, 0.05) is 39.3 Å². The van der Waals surface area contributed by atoms with Crippen molar-refractivity contribution in [2.45, 2.75) is 0 Å². The van der Waals surface area contributed by atoms with Gasteiger partial charge in [0.2, 0.25) is 0 Å². The average Bonchev–Trinajstić information content (AvgIpc) is 2.18. The first-order valence-electron chi connectivity index (χ1n) is 5.14. The van der Waals surface area contributed by atoms with Crippen LogP contribution in [0.5, 0.6) is 0 Å². The van der Waals surface area contributed by atoms with Gasteiger partial charge in [0.05, 0.1) is 0 Å². The van der Waals surface area contributed by atoms with Crippen molar-refractivity contribution in [1.82, 2.24) is 19.2 Å². The molecule has 0 saturated carbocycles. The topological polar surface area (TPSA) is 64.7 Å². The van der Waals surface area contributed by atoms with Crippen LogP contribution in [0.1, 0.15) is 0 Å². The Hall–Kier alpha value is -0.210. The maximum absolute atomic E-state index is 11.7. The number of nitrogens with one attached hydrogen (secondary N) is 2. The maximum atomic E-state index is 11.7. The van der Waals surface area contributed by atoms with Crippen molar-refractivity contribution >= 4 is 10.2 Å². The van der Waals surface area contributed by atoms with Crippen LogP contribution in [-0.4, -0.2) is 71.0 Å². The highest BCUT2D eigenvalue weighted by Gasteiger charge is 2.24. The lowest BCUT2D eigenvalue weighted by Gasteiger charge is -2.31. The summed E-state index contributed by atoms with van der Waals surface area (Å²) in [6.45, 7) is 3.83. The summed E-state index contributed by atoms with van der Waals surface area (Å²) in [6, 6.07) is 0. The Morgan fingerprint density at radius 1 is 1.13 bits per heavy atom. The van der Waals surface area contributed by atoms with Gasteiger partial charge in [-0.25, -0.2) is 4.72 Å². The van der Waals surface area contributed by atoms with Gasteiger partial charge in [0.15, 0.2) is 0 Å². The Labute approximate surface area is 91.8 Å². The molecule has 2 N–H and O–H groups in total. The third kappa shape index (κ3) is 4.04.